The molecule has 2 aromatic rings. The van der Waals surface area contributed by atoms with E-state index in [4.69, 9.17) is 20.8 Å². The fourth-order valence-corrected chi connectivity index (χ4v) is 2.05. The number of aryl methyl sites for hydroxylation is 1. The van der Waals surface area contributed by atoms with Gasteiger partial charge in [-0.15, -0.1) is 0 Å². The van der Waals surface area contributed by atoms with Gasteiger partial charge < -0.3 is 14.5 Å². The van der Waals surface area contributed by atoms with Crippen LogP contribution in [0.2, 0.25) is 5.02 Å². The van der Waals surface area contributed by atoms with E-state index in [1.165, 1.54) is 0 Å². The molecule has 0 aliphatic rings. The lowest BCUT2D eigenvalue weighted by Gasteiger charge is -2.03. The molecule has 1 aromatic heterocycles. The molecule has 0 bridgehead atoms. The molecule has 0 atom stereocenters. The summed E-state index contributed by atoms with van der Waals surface area (Å²) in [5, 5.41) is 3.99. The van der Waals surface area contributed by atoms with Crippen molar-refractivity contribution < 1.29 is 9.15 Å². The molecule has 0 saturated carbocycles. The van der Waals surface area contributed by atoms with Crippen LogP contribution >= 0.6 is 11.6 Å². The fourth-order valence-electron chi connectivity index (χ4n) is 1.93. The van der Waals surface area contributed by atoms with Crippen molar-refractivity contribution in [3.8, 4) is 0 Å². The van der Waals surface area contributed by atoms with Gasteiger partial charge in [0, 0.05) is 10.6 Å². The van der Waals surface area contributed by atoms with Gasteiger partial charge >= 0.3 is 0 Å². The summed E-state index contributed by atoms with van der Waals surface area (Å²) in [5.74, 6) is 1.88. The number of rotatable bonds is 7. The van der Waals surface area contributed by atoms with Crippen LogP contribution in [0.4, 0.5) is 0 Å². The van der Waals surface area contributed by atoms with Crippen molar-refractivity contribution in [3.63, 3.8) is 0 Å². The van der Waals surface area contributed by atoms with E-state index in [-0.39, 0.29) is 0 Å². The second-order valence-electron chi connectivity index (χ2n) is 4.69. The second kappa shape index (κ2) is 7.48. The predicted molar refractivity (Wildman–Crippen MR) is 80.8 cm³/mol. The highest BCUT2D eigenvalue weighted by atomic mass is 35.5. The minimum absolute atomic E-state index is 0.560. The number of hydrogen-bond donors (Lipinski definition) is 1. The number of nitrogens with one attached hydrogen (secondary N) is 1. The van der Waals surface area contributed by atoms with Crippen molar-refractivity contribution in [1.82, 2.24) is 5.32 Å². The fraction of sp³-hybridized carbons (Fsp3) is 0.375. The van der Waals surface area contributed by atoms with E-state index in [0.717, 1.165) is 40.8 Å². The molecule has 0 amide bonds. The molecule has 0 spiro atoms. The van der Waals surface area contributed by atoms with Crippen LogP contribution in [0, 0.1) is 6.92 Å². The molecule has 1 N–H and O–H groups in total. The SMILES string of the molecule is CCNCc1cc(COCc2ccc(Cl)cc2)c(C)o1. The first-order valence-corrected chi connectivity index (χ1v) is 7.18. The van der Waals surface area contributed by atoms with Gasteiger partial charge in [-0.3, -0.25) is 0 Å². The van der Waals surface area contributed by atoms with Gasteiger partial charge in [0.2, 0.25) is 0 Å². The Hall–Kier alpha value is -1.29. The molecular weight excluding hydrogens is 274 g/mol. The van der Waals surface area contributed by atoms with Crippen molar-refractivity contribution in [1.29, 1.82) is 0 Å². The van der Waals surface area contributed by atoms with Gasteiger partial charge in [-0.2, -0.15) is 0 Å². The molecule has 0 aliphatic carbocycles. The molecule has 1 aromatic carbocycles. The molecular formula is C16H20ClNO2. The summed E-state index contributed by atoms with van der Waals surface area (Å²) in [6.07, 6.45) is 0. The monoisotopic (exact) mass is 293 g/mol. The normalized spacial score (nSPS) is 10.9. The van der Waals surface area contributed by atoms with E-state index in [1.807, 2.05) is 31.2 Å². The zero-order valence-electron chi connectivity index (χ0n) is 11.9. The van der Waals surface area contributed by atoms with E-state index in [0.29, 0.717) is 13.2 Å². The van der Waals surface area contributed by atoms with Crippen molar-refractivity contribution in [2.45, 2.75) is 33.6 Å². The minimum atomic E-state index is 0.560. The maximum Gasteiger partial charge on any atom is 0.118 e. The summed E-state index contributed by atoms with van der Waals surface area (Å²) >= 11 is 5.85. The Morgan fingerprint density at radius 3 is 2.65 bits per heavy atom. The van der Waals surface area contributed by atoms with Crippen LogP contribution in [-0.4, -0.2) is 6.54 Å². The Bertz CT molecular complexity index is 534. The van der Waals surface area contributed by atoms with Gasteiger partial charge in [0.1, 0.15) is 11.5 Å². The lowest BCUT2D eigenvalue weighted by atomic mass is 10.2. The van der Waals surface area contributed by atoms with Crippen LogP contribution in [0.15, 0.2) is 34.7 Å². The van der Waals surface area contributed by atoms with E-state index < -0.39 is 0 Å². The van der Waals surface area contributed by atoms with Crippen LogP contribution in [0.3, 0.4) is 0 Å². The lowest BCUT2D eigenvalue weighted by molar-refractivity contribution is 0.106. The molecule has 2 rings (SSSR count). The van der Waals surface area contributed by atoms with Gasteiger partial charge in [0.15, 0.2) is 0 Å². The summed E-state index contributed by atoms with van der Waals surface area (Å²) in [6.45, 7) is 6.87. The third kappa shape index (κ3) is 4.37. The standard InChI is InChI=1S/C16H20ClNO2/c1-3-18-9-16-8-14(12(2)20-16)11-19-10-13-4-6-15(17)7-5-13/h4-8,18H,3,9-11H2,1-2H3. The first-order valence-electron chi connectivity index (χ1n) is 6.80. The number of ether oxygens (including phenoxy) is 1. The molecule has 20 heavy (non-hydrogen) atoms. The molecule has 0 saturated heterocycles. The number of benzene rings is 1. The number of furan rings is 1. The maximum atomic E-state index is 5.85. The Balaban J connectivity index is 1.84. The number of halogens is 1. The van der Waals surface area contributed by atoms with E-state index in [9.17, 15) is 0 Å². The van der Waals surface area contributed by atoms with Crippen LogP contribution < -0.4 is 5.32 Å². The minimum Gasteiger partial charge on any atom is -0.465 e. The molecule has 108 valence electrons. The highest BCUT2D eigenvalue weighted by molar-refractivity contribution is 6.30. The van der Waals surface area contributed by atoms with Crippen molar-refractivity contribution in [3.05, 3.63) is 58.0 Å². The summed E-state index contributed by atoms with van der Waals surface area (Å²) in [4.78, 5) is 0. The molecule has 0 radical (unpaired) electrons. The van der Waals surface area contributed by atoms with Gasteiger partial charge in [0.05, 0.1) is 19.8 Å². The van der Waals surface area contributed by atoms with Crippen LogP contribution in [0.25, 0.3) is 0 Å². The molecule has 0 unspecified atom stereocenters. The lowest BCUT2D eigenvalue weighted by Crippen LogP contribution is -2.10. The zero-order chi connectivity index (χ0) is 14.4. The molecule has 0 aliphatic heterocycles. The third-order valence-electron chi connectivity index (χ3n) is 3.06. The molecule has 3 nitrogen and oxygen atoms in total. The molecule has 0 fully saturated rings. The topological polar surface area (TPSA) is 34.4 Å². The molecule has 1 heterocycles. The highest BCUT2D eigenvalue weighted by Gasteiger charge is 2.07. The third-order valence-corrected chi connectivity index (χ3v) is 3.31. The van der Waals surface area contributed by atoms with Crippen molar-refractivity contribution >= 4 is 11.6 Å². The van der Waals surface area contributed by atoms with Crippen molar-refractivity contribution in [2.75, 3.05) is 6.54 Å². The largest absolute Gasteiger partial charge is 0.465 e. The van der Waals surface area contributed by atoms with E-state index >= 15 is 0 Å². The molecule has 4 heteroatoms. The van der Waals surface area contributed by atoms with Gasteiger partial charge in [0.25, 0.3) is 0 Å². The summed E-state index contributed by atoms with van der Waals surface area (Å²) in [5.41, 5.74) is 2.22. The summed E-state index contributed by atoms with van der Waals surface area (Å²) in [6, 6.07) is 9.75. The quantitative estimate of drug-likeness (QED) is 0.836. The average Bonchev–Trinajstić information content (AvgIpc) is 2.79. The van der Waals surface area contributed by atoms with Gasteiger partial charge in [-0.25, -0.2) is 0 Å². The Morgan fingerprint density at radius 1 is 1.20 bits per heavy atom. The zero-order valence-corrected chi connectivity index (χ0v) is 12.7. The Kier molecular flexibility index (Phi) is 5.65. The van der Waals surface area contributed by atoms with Gasteiger partial charge in [-0.1, -0.05) is 30.7 Å². The van der Waals surface area contributed by atoms with Crippen molar-refractivity contribution in [2.24, 2.45) is 0 Å². The predicted octanol–water partition coefficient (Wildman–Crippen LogP) is 4.07. The Labute approximate surface area is 124 Å². The first kappa shape index (κ1) is 15.1. The first-order chi connectivity index (χ1) is 9.69. The summed E-state index contributed by atoms with van der Waals surface area (Å²) in [7, 11) is 0. The van der Waals surface area contributed by atoms with Crippen LogP contribution in [0.5, 0.6) is 0 Å². The summed E-state index contributed by atoms with van der Waals surface area (Å²) < 4.78 is 11.4. The smallest absolute Gasteiger partial charge is 0.118 e. The second-order valence-corrected chi connectivity index (χ2v) is 5.13. The van der Waals surface area contributed by atoms with E-state index in [2.05, 4.69) is 18.3 Å². The Morgan fingerprint density at radius 2 is 1.95 bits per heavy atom. The van der Waals surface area contributed by atoms with Gasteiger partial charge in [-0.05, 0) is 37.2 Å². The van der Waals surface area contributed by atoms with Crippen LogP contribution in [-0.2, 0) is 24.5 Å². The van der Waals surface area contributed by atoms with E-state index in [1.54, 1.807) is 0 Å². The average molecular weight is 294 g/mol. The maximum absolute atomic E-state index is 5.85. The number of hydrogen-bond acceptors (Lipinski definition) is 3. The highest BCUT2D eigenvalue weighted by Crippen LogP contribution is 2.17. The van der Waals surface area contributed by atoms with Crippen LogP contribution in [0.1, 0.15) is 29.6 Å².